The van der Waals surface area contributed by atoms with Gasteiger partial charge in [0.2, 0.25) is 0 Å². The van der Waals surface area contributed by atoms with Crippen LogP contribution in [0, 0.1) is 0 Å². The average molecular weight is 307 g/mol. The fourth-order valence-corrected chi connectivity index (χ4v) is 5.04. The summed E-state index contributed by atoms with van der Waals surface area (Å²) in [6.45, 7) is 3.48. The second kappa shape index (κ2) is 7.45. The number of rotatable bonds is 6. The summed E-state index contributed by atoms with van der Waals surface area (Å²) in [5.74, 6) is 0. The van der Waals surface area contributed by atoms with Gasteiger partial charge in [-0.25, -0.2) is 6.07 Å². The maximum atomic E-state index is 5.65. The van der Waals surface area contributed by atoms with Crippen LogP contribution in [0.4, 0.5) is 0 Å². The van der Waals surface area contributed by atoms with E-state index in [-0.39, 0.29) is 0 Å². The fraction of sp³-hybridized carbons (Fsp3) is 0.150. The zero-order chi connectivity index (χ0) is 15.2. The Kier molecular flexibility index (Phi) is 5.11. The van der Waals surface area contributed by atoms with Crippen molar-refractivity contribution in [3.05, 3.63) is 84.4 Å². The molecule has 2 heteroatoms. The largest absolute Gasteiger partial charge is 0.390 e. The molecule has 0 unspecified atom stereocenters. The average Bonchev–Trinajstić information content (AvgIpc) is 3.03. The van der Waals surface area contributed by atoms with Gasteiger partial charge in [-0.15, -0.1) is 5.30 Å². The third-order valence-corrected chi connectivity index (χ3v) is 6.16. The van der Waals surface area contributed by atoms with E-state index in [1.165, 1.54) is 21.5 Å². The molecule has 3 rings (SSSR count). The molecule has 0 aliphatic carbocycles. The Labute approximate surface area is 133 Å². The summed E-state index contributed by atoms with van der Waals surface area (Å²) in [7, 11) is -0.526. The van der Waals surface area contributed by atoms with Crippen LogP contribution in [-0.4, -0.2) is 6.61 Å². The van der Waals surface area contributed by atoms with Crippen molar-refractivity contribution in [1.82, 2.24) is 0 Å². The highest BCUT2D eigenvalue weighted by molar-refractivity contribution is 7.79. The molecular weight excluding hydrogens is 287 g/mol. The van der Waals surface area contributed by atoms with E-state index in [9.17, 15) is 0 Å². The highest BCUT2D eigenvalue weighted by atomic mass is 31.1. The van der Waals surface area contributed by atoms with Crippen LogP contribution in [0.3, 0.4) is 0 Å². The molecule has 112 valence electrons. The fourth-order valence-electron chi connectivity index (χ4n) is 2.58. The zero-order valence-corrected chi connectivity index (χ0v) is 13.7. The molecule has 0 aromatic heterocycles. The Bertz CT molecular complexity index is 648. The Morgan fingerprint density at radius 1 is 0.864 bits per heavy atom. The molecule has 0 saturated heterocycles. The highest BCUT2D eigenvalue weighted by Gasteiger charge is 2.14. The summed E-state index contributed by atoms with van der Waals surface area (Å²) < 4.78 is 5.65. The predicted molar refractivity (Wildman–Crippen MR) is 96.1 cm³/mol. The van der Waals surface area contributed by atoms with Crippen LogP contribution in [0.15, 0.2) is 78.9 Å². The van der Waals surface area contributed by atoms with Gasteiger partial charge < -0.3 is 4.74 Å². The minimum atomic E-state index is -0.526. The summed E-state index contributed by atoms with van der Waals surface area (Å²) in [6.07, 6.45) is 0. The number of benzene rings is 2. The molecule has 0 atom stereocenters. The van der Waals surface area contributed by atoms with E-state index in [1.807, 2.05) is 6.92 Å². The normalized spacial score (nSPS) is 11.0. The van der Waals surface area contributed by atoms with Gasteiger partial charge in [-0.05, 0) is 25.5 Å². The molecule has 0 N–H and O–H groups in total. The highest BCUT2D eigenvalue weighted by Crippen LogP contribution is 2.34. The van der Waals surface area contributed by atoms with Gasteiger partial charge in [0.05, 0.1) is 0 Å². The smallest absolute Gasteiger partial charge is 0.0427 e. The third kappa shape index (κ3) is 3.32. The van der Waals surface area contributed by atoms with E-state index < -0.39 is 7.92 Å². The molecule has 0 aliphatic rings. The van der Waals surface area contributed by atoms with E-state index in [4.69, 9.17) is 4.74 Å². The van der Waals surface area contributed by atoms with Gasteiger partial charge in [0, 0.05) is 13.2 Å². The molecule has 0 spiro atoms. The van der Waals surface area contributed by atoms with Gasteiger partial charge in [0.15, 0.2) is 0 Å². The monoisotopic (exact) mass is 307 g/mol. The van der Waals surface area contributed by atoms with Crippen LogP contribution < -0.4 is 15.9 Å². The quantitative estimate of drug-likeness (QED) is 0.498. The minimum absolute atomic E-state index is 0.526. The van der Waals surface area contributed by atoms with Crippen molar-refractivity contribution in [2.24, 2.45) is 0 Å². The molecule has 0 fully saturated rings. The first-order valence-corrected chi connectivity index (χ1v) is 8.97. The predicted octanol–water partition coefficient (Wildman–Crippen LogP) is 3.70. The lowest BCUT2D eigenvalue weighted by atomic mass is 10.3. The molecule has 3 aromatic carbocycles. The molecule has 22 heavy (non-hydrogen) atoms. The standard InChI is InChI=1S/C20H20OP/c1-2-21-16-17-10-9-15-20(17)22(18-11-5-3-6-12-18)19-13-7-4-8-14-19/h3-15H,2,16H2,1H3/q-1. The first-order valence-electron chi connectivity index (χ1n) is 7.62. The maximum Gasteiger partial charge on any atom is 0.0427 e. The summed E-state index contributed by atoms with van der Waals surface area (Å²) >= 11 is 0. The summed E-state index contributed by atoms with van der Waals surface area (Å²) in [4.78, 5) is 0. The number of hydrogen-bond acceptors (Lipinski definition) is 1. The Hall–Kier alpha value is -1.82. The van der Waals surface area contributed by atoms with Crippen LogP contribution in [0.2, 0.25) is 0 Å². The molecule has 0 bridgehead atoms. The summed E-state index contributed by atoms with van der Waals surface area (Å²) in [5.41, 5.74) is 1.31. The maximum absolute atomic E-state index is 5.65. The zero-order valence-electron chi connectivity index (χ0n) is 12.8. The lowest BCUT2D eigenvalue weighted by Crippen LogP contribution is -2.22. The van der Waals surface area contributed by atoms with Crippen molar-refractivity contribution in [2.45, 2.75) is 13.5 Å². The molecule has 3 aromatic rings. The SMILES string of the molecule is CCOCc1cc[cH-]c1P(c1ccccc1)c1ccccc1. The van der Waals surface area contributed by atoms with Crippen LogP contribution >= 0.6 is 7.92 Å². The lowest BCUT2D eigenvalue weighted by molar-refractivity contribution is 0.135. The van der Waals surface area contributed by atoms with Crippen LogP contribution in [0.5, 0.6) is 0 Å². The third-order valence-electron chi connectivity index (χ3n) is 3.61. The number of hydrogen-bond donors (Lipinski definition) is 0. The van der Waals surface area contributed by atoms with Crippen molar-refractivity contribution in [3.63, 3.8) is 0 Å². The second-order valence-corrected chi connectivity index (χ2v) is 7.27. The van der Waals surface area contributed by atoms with Gasteiger partial charge in [-0.1, -0.05) is 60.7 Å². The molecule has 0 amide bonds. The van der Waals surface area contributed by atoms with E-state index in [2.05, 4.69) is 78.9 Å². The first kappa shape index (κ1) is 15.1. The first-order chi connectivity index (χ1) is 10.9. The summed E-state index contributed by atoms with van der Waals surface area (Å²) in [6, 6.07) is 28.2. The Morgan fingerprint density at radius 3 is 2.00 bits per heavy atom. The van der Waals surface area contributed by atoms with Crippen molar-refractivity contribution < 1.29 is 4.74 Å². The molecule has 0 radical (unpaired) electrons. The van der Waals surface area contributed by atoms with Crippen molar-refractivity contribution in [2.75, 3.05) is 6.61 Å². The molecule has 0 saturated carbocycles. The van der Waals surface area contributed by atoms with E-state index in [1.54, 1.807) is 0 Å². The van der Waals surface area contributed by atoms with E-state index in [0.29, 0.717) is 6.61 Å². The van der Waals surface area contributed by atoms with Crippen LogP contribution in [-0.2, 0) is 11.3 Å². The van der Waals surface area contributed by atoms with Crippen LogP contribution in [0.25, 0.3) is 0 Å². The molecule has 0 aliphatic heterocycles. The Morgan fingerprint density at radius 2 is 1.45 bits per heavy atom. The van der Waals surface area contributed by atoms with Gasteiger partial charge in [0.1, 0.15) is 0 Å². The topological polar surface area (TPSA) is 9.23 Å². The second-order valence-electron chi connectivity index (χ2n) is 5.08. The van der Waals surface area contributed by atoms with Gasteiger partial charge >= 0.3 is 0 Å². The molecule has 0 heterocycles. The minimum Gasteiger partial charge on any atom is -0.390 e. The molecule has 1 nitrogen and oxygen atoms in total. The van der Waals surface area contributed by atoms with Crippen molar-refractivity contribution in [1.29, 1.82) is 0 Å². The lowest BCUT2D eigenvalue weighted by Gasteiger charge is -2.24. The van der Waals surface area contributed by atoms with Crippen molar-refractivity contribution >= 4 is 23.8 Å². The molecular formula is C20H20OP-. The number of ether oxygens (including phenoxy) is 1. The summed E-state index contributed by atoms with van der Waals surface area (Å²) in [5, 5.41) is 4.17. The van der Waals surface area contributed by atoms with Gasteiger partial charge in [-0.3, -0.25) is 0 Å². The van der Waals surface area contributed by atoms with Gasteiger partial charge in [-0.2, -0.15) is 17.7 Å². The van der Waals surface area contributed by atoms with E-state index in [0.717, 1.165) is 6.61 Å². The van der Waals surface area contributed by atoms with Crippen LogP contribution in [0.1, 0.15) is 12.5 Å². The van der Waals surface area contributed by atoms with E-state index >= 15 is 0 Å². The van der Waals surface area contributed by atoms with Gasteiger partial charge in [0.25, 0.3) is 0 Å². The van der Waals surface area contributed by atoms with Crippen molar-refractivity contribution in [3.8, 4) is 0 Å². The Balaban J connectivity index is 2.05.